The molecule has 7 nitrogen and oxygen atoms in total. The highest BCUT2D eigenvalue weighted by Gasteiger charge is 2.19. The van der Waals surface area contributed by atoms with Gasteiger partial charge in [-0.3, -0.25) is 9.59 Å². The molecule has 0 aliphatic heterocycles. The third kappa shape index (κ3) is 5.46. The molecule has 0 aliphatic rings. The van der Waals surface area contributed by atoms with Crippen molar-refractivity contribution in [3.05, 3.63) is 54.0 Å². The van der Waals surface area contributed by atoms with E-state index >= 15 is 0 Å². The molecule has 0 aliphatic carbocycles. The van der Waals surface area contributed by atoms with Gasteiger partial charge in [-0.2, -0.15) is 0 Å². The van der Waals surface area contributed by atoms with Gasteiger partial charge in [0.05, 0.1) is 17.9 Å². The zero-order chi connectivity index (χ0) is 18.3. The summed E-state index contributed by atoms with van der Waals surface area (Å²) in [5, 5.41) is 2.51. The van der Waals surface area contributed by atoms with Crippen molar-refractivity contribution < 1.29 is 27.2 Å². The molecule has 1 amide bonds. The molecule has 0 unspecified atom stereocenters. The molecular weight excluding hydrogens is 346 g/mol. The number of sulfone groups is 1. The van der Waals surface area contributed by atoms with Gasteiger partial charge in [-0.15, -0.1) is 0 Å². The third-order valence-electron chi connectivity index (χ3n) is 3.24. The second-order valence-corrected chi connectivity index (χ2v) is 7.14. The van der Waals surface area contributed by atoms with E-state index in [-0.39, 0.29) is 41.7 Å². The first-order valence-corrected chi connectivity index (χ1v) is 9.38. The van der Waals surface area contributed by atoms with Crippen LogP contribution in [0.4, 0.5) is 0 Å². The van der Waals surface area contributed by atoms with Crippen LogP contribution in [0.25, 0.3) is 0 Å². The Kier molecular flexibility index (Phi) is 6.35. The number of benzene rings is 1. The van der Waals surface area contributed by atoms with Crippen LogP contribution in [-0.2, 0) is 25.1 Å². The summed E-state index contributed by atoms with van der Waals surface area (Å²) in [6.07, 6.45) is 0.0511. The van der Waals surface area contributed by atoms with E-state index in [2.05, 4.69) is 5.32 Å². The van der Waals surface area contributed by atoms with E-state index < -0.39 is 21.7 Å². The summed E-state index contributed by atoms with van der Waals surface area (Å²) >= 11 is 0. The molecule has 0 atom stereocenters. The topological polar surface area (TPSA) is 103 Å². The average molecular weight is 365 g/mol. The lowest BCUT2D eigenvalue weighted by molar-refractivity contribution is -0.142. The predicted octanol–water partition coefficient (Wildman–Crippen LogP) is 1.94. The van der Waals surface area contributed by atoms with Crippen LogP contribution in [0, 0.1) is 0 Å². The van der Waals surface area contributed by atoms with Crippen molar-refractivity contribution >= 4 is 21.7 Å². The highest BCUT2D eigenvalue weighted by Crippen LogP contribution is 2.18. The summed E-state index contributed by atoms with van der Waals surface area (Å²) in [5.41, 5.74) is 0. The Bertz CT molecular complexity index is 826. The van der Waals surface area contributed by atoms with Crippen molar-refractivity contribution in [2.45, 2.75) is 24.0 Å². The molecule has 0 saturated carbocycles. The van der Waals surface area contributed by atoms with Gasteiger partial charge in [0.2, 0.25) is 0 Å². The minimum Gasteiger partial charge on any atom is -0.466 e. The summed E-state index contributed by atoms with van der Waals surface area (Å²) in [5.74, 6) is -1.11. The normalized spacial score (nSPS) is 11.1. The summed E-state index contributed by atoms with van der Waals surface area (Å²) < 4.78 is 34.6. The lowest BCUT2D eigenvalue weighted by atomic mass is 10.4. The maximum atomic E-state index is 12.3. The number of furan rings is 1. The van der Waals surface area contributed by atoms with Gasteiger partial charge in [0, 0.05) is 6.54 Å². The summed E-state index contributed by atoms with van der Waals surface area (Å²) in [4.78, 5) is 23.3. The molecule has 0 saturated heterocycles. The molecule has 1 aromatic carbocycles. The molecule has 0 radical (unpaired) electrons. The number of carbonyl (C=O) groups is 2. The van der Waals surface area contributed by atoms with E-state index in [1.54, 1.807) is 25.1 Å². The quantitative estimate of drug-likeness (QED) is 0.717. The number of amides is 1. The molecule has 1 N–H and O–H groups in total. The number of hydrogen-bond donors (Lipinski definition) is 1. The maximum Gasteiger partial charge on any atom is 0.307 e. The van der Waals surface area contributed by atoms with Gasteiger partial charge in [-0.1, -0.05) is 18.2 Å². The van der Waals surface area contributed by atoms with Crippen LogP contribution >= 0.6 is 0 Å². The van der Waals surface area contributed by atoms with E-state index in [1.165, 1.54) is 24.3 Å². The largest absolute Gasteiger partial charge is 0.466 e. The van der Waals surface area contributed by atoms with Crippen molar-refractivity contribution in [3.8, 4) is 0 Å². The van der Waals surface area contributed by atoms with Crippen LogP contribution in [0.1, 0.15) is 29.7 Å². The summed E-state index contributed by atoms with van der Waals surface area (Å²) in [6, 6.07) is 10.8. The van der Waals surface area contributed by atoms with Gasteiger partial charge in [0.1, 0.15) is 11.5 Å². The highest BCUT2D eigenvalue weighted by molar-refractivity contribution is 7.90. The number of ether oxygens (including phenoxy) is 1. The van der Waals surface area contributed by atoms with Crippen LogP contribution in [0.2, 0.25) is 0 Å². The molecule has 1 heterocycles. The monoisotopic (exact) mass is 365 g/mol. The van der Waals surface area contributed by atoms with Gasteiger partial charge in [-0.05, 0) is 31.2 Å². The molecule has 2 rings (SSSR count). The Morgan fingerprint density at radius 2 is 1.84 bits per heavy atom. The molecule has 25 heavy (non-hydrogen) atoms. The standard InChI is InChI=1S/C17H19NO6S/c1-2-23-16(19)10-11-18-17(20)15-9-8-13(24-15)12-25(21,22)14-6-4-3-5-7-14/h3-9H,2,10-12H2,1H3,(H,18,20). The van der Waals surface area contributed by atoms with Crippen LogP contribution in [0.5, 0.6) is 0 Å². The van der Waals surface area contributed by atoms with Gasteiger partial charge >= 0.3 is 5.97 Å². The fraction of sp³-hybridized carbons (Fsp3) is 0.294. The van der Waals surface area contributed by atoms with Crippen LogP contribution in [0.15, 0.2) is 51.8 Å². The SMILES string of the molecule is CCOC(=O)CCNC(=O)c1ccc(CS(=O)(=O)c2ccccc2)o1. The lowest BCUT2D eigenvalue weighted by Crippen LogP contribution is -2.26. The van der Waals surface area contributed by atoms with Gasteiger partial charge in [0.25, 0.3) is 5.91 Å². The van der Waals surface area contributed by atoms with Crippen molar-refractivity contribution in [1.82, 2.24) is 5.32 Å². The zero-order valence-electron chi connectivity index (χ0n) is 13.7. The fourth-order valence-corrected chi connectivity index (χ4v) is 3.34. The number of esters is 1. The van der Waals surface area contributed by atoms with Gasteiger partial charge in [-0.25, -0.2) is 8.42 Å². The van der Waals surface area contributed by atoms with Crippen molar-refractivity contribution in [2.24, 2.45) is 0 Å². The Labute approximate surface area is 145 Å². The first-order chi connectivity index (χ1) is 11.9. The molecule has 0 bridgehead atoms. The molecular formula is C17H19NO6S. The van der Waals surface area contributed by atoms with Crippen molar-refractivity contribution in [3.63, 3.8) is 0 Å². The second kappa shape index (κ2) is 8.48. The van der Waals surface area contributed by atoms with Crippen molar-refractivity contribution in [2.75, 3.05) is 13.2 Å². The Morgan fingerprint density at radius 3 is 2.52 bits per heavy atom. The first-order valence-electron chi connectivity index (χ1n) is 7.72. The molecule has 0 spiro atoms. The minimum atomic E-state index is -3.55. The van der Waals surface area contributed by atoms with Crippen LogP contribution in [-0.4, -0.2) is 33.4 Å². The van der Waals surface area contributed by atoms with Crippen LogP contribution in [0.3, 0.4) is 0 Å². The number of hydrogen-bond acceptors (Lipinski definition) is 6. The molecule has 0 fully saturated rings. The van der Waals surface area contributed by atoms with Gasteiger partial charge < -0.3 is 14.5 Å². The number of carbonyl (C=O) groups excluding carboxylic acids is 2. The molecule has 8 heteroatoms. The summed E-state index contributed by atoms with van der Waals surface area (Å²) in [6.45, 7) is 2.09. The first kappa shape index (κ1) is 18.7. The molecule has 2 aromatic rings. The van der Waals surface area contributed by atoms with E-state index in [0.717, 1.165) is 0 Å². The Balaban J connectivity index is 1.93. The van der Waals surface area contributed by atoms with E-state index in [9.17, 15) is 18.0 Å². The zero-order valence-corrected chi connectivity index (χ0v) is 14.5. The maximum absolute atomic E-state index is 12.3. The van der Waals surface area contributed by atoms with E-state index in [4.69, 9.17) is 9.15 Å². The minimum absolute atomic E-state index is 0.0119. The van der Waals surface area contributed by atoms with Gasteiger partial charge in [0.15, 0.2) is 15.6 Å². The number of rotatable bonds is 8. The van der Waals surface area contributed by atoms with E-state index in [1.807, 2.05) is 0 Å². The average Bonchev–Trinajstić information content (AvgIpc) is 3.04. The smallest absolute Gasteiger partial charge is 0.307 e. The predicted molar refractivity (Wildman–Crippen MR) is 89.6 cm³/mol. The highest BCUT2D eigenvalue weighted by atomic mass is 32.2. The fourth-order valence-electron chi connectivity index (χ4n) is 2.07. The van der Waals surface area contributed by atoms with E-state index in [0.29, 0.717) is 0 Å². The van der Waals surface area contributed by atoms with Crippen molar-refractivity contribution in [1.29, 1.82) is 0 Å². The Morgan fingerprint density at radius 1 is 1.12 bits per heavy atom. The molecule has 134 valence electrons. The Hall–Kier alpha value is -2.61. The number of nitrogens with one attached hydrogen (secondary N) is 1. The van der Waals surface area contributed by atoms with Crippen LogP contribution < -0.4 is 5.32 Å². The second-order valence-electron chi connectivity index (χ2n) is 5.15. The molecule has 1 aromatic heterocycles. The third-order valence-corrected chi connectivity index (χ3v) is 4.90. The summed E-state index contributed by atoms with van der Waals surface area (Å²) in [7, 11) is -3.55. The lowest BCUT2D eigenvalue weighted by Gasteiger charge is -2.04.